The van der Waals surface area contributed by atoms with E-state index >= 15 is 0 Å². The van der Waals surface area contributed by atoms with Crippen LogP contribution in [0, 0.1) is 5.82 Å². The molecule has 4 heteroatoms. The van der Waals surface area contributed by atoms with Gasteiger partial charge in [-0.2, -0.15) is 11.8 Å². The maximum Gasteiger partial charge on any atom is 0.141 e. The minimum absolute atomic E-state index is 0.246. The monoisotopic (exact) mass is 242 g/mol. The van der Waals surface area contributed by atoms with Gasteiger partial charge < -0.3 is 5.32 Å². The molecule has 1 aromatic heterocycles. The van der Waals surface area contributed by atoms with E-state index in [1.165, 1.54) is 12.3 Å². The quantitative estimate of drug-likeness (QED) is 0.825. The van der Waals surface area contributed by atoms with Gasteiger partial charge in [-0.3, -0.25) is 0 Å². The van der Waals surface area contributed by atoms with E-state index in [0.717, 1.165) is 25.2 Å². The predicted molar refractivity (Wildman–Crippen MR) is 69.5 cm³/mol. The molecule has 0 atom stereocenters. The molecule has 0 radical (unpaired) electrons. The highest BCUT2D eigenvalue weighted by Crippen LogP contribution is 2.30. The molecule has 0 aliphatic carbocycles. The average molecular weight is 242 g/mol. The van der Waals surface area contributed by atoms with Crippen molar-refractivity contribution in [3.63, 3.8) is 0 Å². The molecule has 2 nitrogen and oxygen atoms in total. The second-order valence-electron chi connectivity index (χ2n) is 3.81. The molecule has 1 rings (SSSR count). The van der Waals surface area contributed by atoms with E-state index < -0.39 is 0 Å². The van der Waals surface area contributed by atoms with Crippen molar-refractivity contribution in [3.05, 3.63) is 24.1 Å². The molecule has 16 heavy (non-hydrogen) atoms. The molecule has 1 N–H and O–H groups in total. The topological polar surface area (TPSA) is 24.9 Å². The van der Waals surface area contributed by atoms with Gasteiger partial charge in [-0.1, -0.05) is 13.8 Å². The van der Waals surface area contributed by atoms with Crippen molar-refractivity contribution in [2.75, 3.05) is 18.1 Å². The fourth-order valence-electron chi connectivity index (χ4n) is 1.59. The van der Waals surface area contributed by atoms with Crippen molar-refractivity contribution in [1.82, 2.24) is 4.98 Å². The first kappa shape index (κ1) is 13.3. The van der Waals surface area contributed by atoms with Crippen LogP contribution in [0.2, 0.25) is 0 Å². The summed E-state index contributed by atoms with van der Waals surface area (Å²) >= 11 is 1.88. The maximum atomic E-state index is 12.7. The molecule has 1 heterocycles. The molecule has 0 fully saturated rings. The lowest BCUT2D eigenvalue weighted by Crippen LogP contribution is -2.32. The first-order chi connectivity index (χ1) is 7.65. The molecule has 0 aromatic carbocycles. The molecule has 1 aromatic rings. The van der Waals surface area contributed by atoms with Gasteiger partial charge in [-0.15, -0.1) is 0 Å². The zero-order chi connectivity index (χ0) is 12.0. The Bertz CT molecular complexity index is 301. The molecular weight excluding hydrogens is 223 g/mol. The van der Waals surface area contributed by atoms with Gasteiger partial charge in [0.25, 0.3) is 0 Å². The Hall–Kier alpha value is -0.770. The maximum absolute atomic E-state index is 12.7. The van der Waals surface area contributed by atoms with E-state index in [9.17, 15) is 4.39 Å². The van der Waals surface area contributed by atoms with Crippen LogP contribution >= 0.6 is 11.8 Å². The van der Waals surface area contributed by atoms with Gasteiger partial charge in [0.1, 0.15) is 11.6 Å². The van der Waals surface area contributed by atoms with E-state index in [1.807, 2.05) is 11.8 Å². The van der Waals surface area contributed by atoms with Crippen LogP contribution in [0.15, 0.2) is 18.3 Å². The summed E-state index contributed by atoms with van der Waals surface area (Å²) in [4.78, 5) is 3.99. The number of aromatic nitrogens is 1. The molecular formula is C12H19FN2S. The molecule has 0 unspecified atom stereocenters. The van der Waals surface area contributed by atoms with Gasteiger partial charge in [0.2, 0.25) is 0 Å². The van der Waals surface area contributed by atoms with Crippen LogP contribution in [-0.4, -0.2) is 22.5 Å². The van der Waals surface area contributed by atoms with E-state index in [2.05, 4.69) is 30.4 Å². The van der Waals surface area contributed by atoms with Gasteiger partial charge in [-0.25, -0.2) is 9.37 Å². The normalized spacial score (nSPS) is 11.5. The molecule has 0 amide bonds. The Morgan fingerprint density at radius 3 is 2.50 bits per heavy atom. The Morgan fingerprint density at radius 2 is 2.06 bits per heavy atom. The Kier molecular flexibility index (Phi) is 5.06. The zero-order valence-corrected chi connectivity index (χ0v) is 10.9. The number of anilines is 1. The summed E-state index contributed by atoms with van der Waals surface area (Å²) in [6.07, 6.45) is 5.59. The Morgan fingerprint density at radius 1 is 1.38 bits per heavy atom. The second-order valence-corrected chi connectivity index (χ2v) is 5.08. The first-order valence-electron chi connectivity index (χ1n) is 5.56. The second kappa shape index (κ2) is 6.09. The fraction of sp³-hybridized carbons (Fsp3) is 0.583. The lowest BCUT2D eigenvalue weighted by molar-refractivity contribution is 0.573. The molecule has 0 spiro atoms. The van der Waals surface area contributed by atoms with E-state index in [-0.39, 0.29) is 10.6 Å². The van der Waals surface area contributed by atoms with Gasteiger partial charge in [0.15, 0.2) is 0 Å². The van der Waals surface area contributed by atoms with E-state index in [0.29, 0.717) is 0 Å². The van der Waals surface area contributed by atoms with Crippen LogP contribution in [-0.2, 0) is 0 Å². The number of hydrogen-bond acceptors (Lipinski definition) is 3. The third kappa shape index (κ3) is 3.37. The minimum Gasteiger partial charge on any atom is -0.369 e. The van der Waals surface area contributed by atoms with Crippen molar-refractivity contribution in [3.8, 4) is 0 Å². The molecule has 90 valence electrons. The summed E-state index contributed by atoms with van der Waals surface area (Å²) in [5.74, 6) is 0.439. The smallest absolute Gasteiger partial charge is 0.141 e. The summed E-state index contributed by atoms with van der Waals surface area (Å²) in [7, 11) is 0. The minimum atomic E-state index is -0.298. The largest absolute Gasteiger partial charge is 0.369 e. The molecule has 0 saturated heterocycles. The van der Waals surface area contributed by atoms with Crippen LogP contribution in [0.5, 0.6) is 0 Å². The van der Waals surface area contributed by atoms with Crippen molar-refractivity contribution >= 4 is 17.6 Å². The average Bonchev–Trinajstić information content (AvgIpc) is 2.34. The van der Waals surface area contributed by atoms with Crippen molar-refractivity contribution in [1.29, 1.82) is 0 Å². The Labute approximate surface area is 101 Å². The first-order valence-corrected chi connectivity index (χ1v) is 6.79. The number of nitrogens with zero attached hydrogens (tertiary/aromatic N) is 1. The molecule has 0 bridgehead atoms. The van der Waals surface area contributed by atoms with Crippen LogP contribution in [0.3, 0.4) is 0 Å². The van der Waals surface area contributed by atoms with Crippen molar-refractivity contribution in [2.24, 2.45) is 0 Å². The number of halogens is 1. The lowest BCUT2D eigenvalue weighted by atomic mass is 10.0. The van der Waals surface area contributed by atoms with Crippen molar-refractivity contribution in [2.45, 2.75) is 31.4 Å². The highest BCUT2D eigenvalue weighted by molar-refractivity contribution is 8.00. The highest BCUT2D eigenvalue weighted by Gasteiger charge is 2.24. The van der Waals surface area contributed by atoms with Crippen LogP contribution in [0.4, 0.5) is 10.2 Å². The van der Waals surface area contributed by atoms with Gasteiger partial charge in [0.05, 0.1) is 6.20 Å². The Balaban J connectivity index is 2.58. The fourth-order valence-corrected chi connectivity index (χ4v) is 2.39. The molecule has 0 aliphatic rings. The number of pyridine rings is 1. The zero-order valence-electron chi connectivity index (χ0n) is 10.1. The summed E-state index contributed by atoms with van der Waals surface area (Å²) in [6.45, 7) is 5.25. The summed E-state index contributed by atoms with van der Waals surface area (Å²) in [5, 5.41) is 3.27. The number of rotatable bonds is 6. The summed E-state index contributed by atoms with van der Waals surface area (Å²) < 4.78 is 12.9. The number of nitrogens with one attached hydrogen (secondary N) is 1. The van der Waals surface area contributed by atoms with Gasteiger partial charge in [0, 0.05) is 11.3 Å². The lowest BCUT2D eigenvalue weighted by Gasteiger charge is -2.30. The summed E-state index contributed by atoms with van der Waals surface area (Å²) in [6, 6.07) is 3.10. The third-order valence-corrected chi connectivity index (χ3v) is 4.63. The molecule has 0 aliphatic heterocycles. The predicted octanol–water partition coefficient (Wildman–Crippen LogP) is 3.55. The van der Waals surface area contributed by atoms with Crippen LogP contribution in [0.1, 0.15) is 26.7 Å². The standard InChI is InChI=1S/C12H19FN2S/c1-4-12(5-2,16-3)9-15-11-7-6-10(13)8-14-11/h6-8H,4-5,9H2,1-3H3,(H,14,15). The van der Waals surface area contributed by atoms with Crippen LogP contribution in [0.25, 0.3) is 0 Å². The van der Waals surface area contributed by atoms with Gasteiger partial charge in [-0.05, 0) is 31.2 Å². The van der Waals surface area contributed by atoms with Crippen LogP contribution < -0.4 is 5.32 Å². The van der Waals surface area contributed by atoms with E-state index in [4.69, 9.17) is 0 Å². The third-order valence-electron chi connectivity index (χ3n) is 3.04. The van der Waals surface area contributed by atoms with Crippen molar-refractivity contribution < 1.29 is 4.39 Å². The molecule has 0 saturated carbocycles. The number of thioether (sulfide) groups is 1. The van der Waals surface area contributed by atoms with E-state index in [1.54, 1.807) is 6.07 Å². The van der Waals surface area contributed by atoms with Gasteiger partial charge >= 0.3 is 0 Å². The summed E-state index contributed by atoms with van der Waals surface area (Å²) in [5.41, 5.74) is 0. The number of hydrogen-bond donors (Lipinski definition) is 1. The SMILES string of the molecule is CCC(CC)(CNc1ccc(F)cn1)SC. The highest BCUT2D eigenvalue weighted by atomic mass is 32.2.